The van der Waals surface area contributed by atoms with Gasteiger partial charge in [0.25, 0.3) is 10.0 Å². The second-order valence-electron chi connectivity index (χ2n) is 3.89. The number of nitrogens with zero attached hydrogens (tertiary/aromatic N) is 1. The summed E-state index contributed by atoms with van der Waals surface area (Å²) in [6, 6.07) is 6.73. The molecule has 6 nitrogen and oxygen atoms in total. The lowest BCUT2D eigenvalue weighted by Crippen LogP contribution is -2.15. The van der Waals surface area contributed by atoms with E-state index in [-0.39, 0.29) is 21.4 Å². The molecule has 1 aromatic carbocycles. The maximum atomic E-state index is 13.0. The van der Waals surface area contributed by atoms with Crippen molar-refractivity contribution in [2.24, 2.45) is 0 Å². The number of benzene rings is 1. The van der Waals surface area contributed by atoms with Crippen LogP contribution in [0, 0.1) is 5.82 Å². The van der Waals surface area contributed by atoms with Gasteiger partial charge in [-0.05, 0) is 30.3 Å². The van der Waals surface area contributed by atoms with E-state index in [1.165, 1.54) is 18.2 Å². The third-order valence-corrected chi connectivity index (χ3v) is 4.05. The number of carboxylic acid groups (broad SMARTS) is 1. The van der Waals surface area contributed by atoms with E-state index in [0.717, 1.165) is 18.2 Å². The van der Waals surface area contributed by atoms with Gasteiger partial charge in [-0.25, -0.2) is 22.6 Å². The molecule has 0 saturated carbocycles. The molecule has 0 saturated heterocycles. The number of rotatable bonds is 4. The van der Waals surface area contributed by atoms with Crippen molar-refractivity contribution in [2.45, 2.75) is 4.90 Å². The molecule has 0 unspecified atom stereocenters. The standard InChI is InChI=1S/C12H8ClFN2O4S/c13-8-6-7(4-5-9(8)14)21(19,20)16-11-3-1-2-10(15-11)12(17)18/h1-6H,(H,15,16)(H,17,18). The van der Waals surface area contributed by atoms with Crippen molar-refractivity contribution in [1.82, 2.24) is 4.98 Å². The zero-order valence-electron chi connectivity index (χ0n) is 10.2. The fourth-order valence-corrected chi connectivity index (χ4v) is 2.72. The van der Waals surface area contributed by atoms with Crippen LogP contribution in [0.2, 0.25) is 5.02 Å². The van der Waals surface area contributed by atoms with E-state index in [2.05, 4.69) is 9.71 Å². The second kappa shape index (κ2) is 5.66. The number of anilines is 1. The molecule has 0 aliphatic carbocycles. The Bertz CT molecular complexity index is 811. The molecule has 0 aliphatic heterocycles. The van der Waals surface area contributed by atoms with Gasteiger partial charge in [0.15, 0.2) is 5.69 Å². The summed E-state index contributed by atoms with van der Waals surface area (Å²) < 4.78 is 39.3. The number of sulfonamides is 1. The highest BCUT2D eigenvalue weighted by Crippen LogP contribution is 2.21. The lowest BCUT2D eigenvalue weighted by molar-refractivity contribution is 0.0690. The number of aromatic carboxylic acids is 1. The number of carboxylic acids is 1. The molecule has 21 heavy (non-hydrogen) atoms. The molecular weight excluding hydrogens is 323 g/mol. The number of hydrogen-bond donors (Lipinski definition) is 2. The molecule has 0 amide bonds. The maximum Gasteiger partial charge on any atom is 0.354 e. The molecule has 2 rings (SSSR count). The van der Waals surface area contributed by atoms with Gasteiger partial charge in [0.1, 0.15) is 11.6 Å². The van der Waals surface area contributed by atoms with E-state index in [4.69, 9.17) is 16.7 Å². The van der Waals surface area contributed by atoms with E-state index in [1.807, 2.05) is 0 Å². The van der Waals surface area contributed by atoms with Gasteiger partial charge in [0.2, 0.25) is 0 Å². The van der Waals surface area contributed by atoms with Crippen LogP contribution in [0.3, 0.4) is 0 Å². The first-order chi connectivity index (χ1) is 9.79. The van der Waals surface area contributed by atoms with Crippen LogP contribution >= 0.6 is 11.6 Å². The van der Waals surface area contributed by atoms with Crippen LogP contribution in [0.5, 0.6) is 0 Å². The Kier molecular flexibility index (Phi) is 4.10. The Morgan fingerprint density at radius 3 is 2.62 bits per heavy atom. The van der Waals surface area contributed by atoms with Crippen molar-refractivity contribution in [1.29, 1.82) is 0 Å². The molecule has 1 heterocycles. The predicted molar refractivity (Wildman–Crippen MR) is 73.4 cm³/mol. The zero-order chi connectivity index (χ0) is 15.6. The van der Waals surface area contributed by atoms with Gasteiger partial charge < -0.3 is 5.11 Å². The maximum absolute atomic E-state index is 13.0. The van der Waals surface area contributed by atoms with Crippen LogP contribution in [0.1, 0.15) is 10.5 Å². The minimum atomic E-state index is -4.05. The largest absolute Gasteiger partial charge is 0.477 e. The fraction of sp³-hybridized carbons (Fsp3) is 0. The number of hydrogen-bond acceptors (Lipinski definition) is 4. The van der Waals surface area contributed by atoms with Gasteiger partial charge in [-0.1, -0.05) is 17.7 Å². The fourth-order valence-electron chi connectivity index (χ4n) is 1.45. The molecule has 9 heteroatoms. The van der Waals surface area contributed by atoms with Crippen molar-refractivity contribution in [3.63, 3.8) is 0 Å². The first-order valence-electron chi connectivity index (χ1n) is 5.48. The molecule has 110 valence electrons. The Hall–Kier alpha value is -2.19. The number of carbonyl (C=O) groups is 1. The number of nitrogens with one attached hydrogen (secondary N) is 1. The van der Waals surface area contributed by atoms with Crippen molar-refractivity contribution < 1.29 is 22.7 Å². The first-order valence-corrected chi connectivity index (χ1v) is 7.34. The average molecular weight is 331 g/mol. The number of aromatic nitrogens is 1. The molecule has 0 radical (unpaired) electrons. The summed E-state index contributed by atoms with van der Waals surface area (Å²) in [6.07, 6.45) is 0. The monoisotopic (exact) mass is 330 g/mol. The number of halogens is 2. The highest BCUT2D eigenvalue weighted by molar-refractivity contribution is 7.92. The zero-order valence-corrected chi connectivity index (χ0v) is 11.8. The topological polar surface area (TPSA) is 96.4 Å². The van der Waals surface area contributed by atoms with Crippen molar-refractivity contribution in [3.05, 3.63) is 52.9 Å². The smallest absolute Gasteiger partial charge is 0.354 e. The molecule has 2 N–H and O–H groups in total. The van der Waals surface area contributed by atoms with E-state index < -0.39 is 21.8 Å². The van der Waals surface area contributed by atoms with Crippen LogP contribution in [0.15, 0.2) is 41.3 Å². The molecule has 0 fully saturated rings. The van der Waals surface area contributed by atoms with Gasteiger partial charge in [-0.2, -0.15) is 0 Å². The predicted octanol–water partition coefficient (Wildman–Crippen LogP) is 2.37. The van der Waals surface area contributed by atoms with Crippen LogP contribution in [0.25, 0.3) is 0 Å². The Balaban J connectivity index is 2.35. The summed E-state index contributed by atoms with van der Waals surface area (Å²) in [5, 5.41) is 8.45. The van der Waals surface area contributed by atoms with Gasteiger partial charge in [-0.15, -0.1) is 0 Å². The molecule has 0 aliphatic rings. The van der Waals surface area contributed by atoms with Gasteiger partial charge >= 0.3 is 5.97 Å². The normalized spacial score (nSPS) is 11.1. The van der Waals surface area contributed by atoms with Gasteiger partial charge in [-0.3, -0.25) is 4.72 Å². The van der Waals surface area contributed by atoms with Crippen LogP contribution < -0.4 is 4.72 Å². The van der Waals surface area contributed by atoms with Crippen molar-refractivity contribution in [3.8, 4) is 0 Å². The average Bonchev–Trinajstić information content (AvgIpc) is 2.41. The first kappa shape index (κ1) is 15.2. The van der Waals surface area contributed by atoms with E-state index in [1.54, 1.807) is 0 Å². The molecule has 0 bridgehead atoms. The van der Waals surface area contributed by atoms with Crippen molar-refractivity contribution in [2.75, 3.05) is 4.72 Å². The quantitative estimate of drug-likeness (QED) is 0.897. The molecule has 0 atom stereocenters. The van der Waals surface area contributed by atoms with E-state index in [0.29, 0.717) is 0 Å². The summed E-state index contributed by atoms with van der Waals surface area (Å²) in [6.45, 7) is 0. The third kappa shape index (κ3) is 3.47. The minimum absolute atomic E-state index is 0.171. The second-order valence-corrected chi connectivity index (χ2v) is 5.98. The molecule has 2 aromatic rings. The highest BCUT2D eigenvalue weighted by atomic mass is 35.5. The highest BCUT2D eigenvalue weighted by Gasteiger charge is 2.17. The molecule has 0 spiro atoms. The number of pyridine rings is 1. The van der Waals surface area contributed by atoms with Crippen molar-refractivity contribution >= 4 is 33.4 Å². The Labute approximate surface area is 124 Å². The Morgan fingerprint density at radius 1 is 1.29 bits per heavy atom. The van der Waals surface area contributed by atoms with E-state index in [9.17, 15) is 17.6 Å². The van der Waals surface area contributed by atoms with Crippen LogP contribution in [-0.4, -0.2) is 24.5 Å². The third-order valence-electron chi connectivity index (χ3n) is 2.41. The summed E-state index contributed by atoms with van der Waals surface area (Å²) in [5.41, 5.74) is -0.313. The lowest BCUT2D eigenvalue weighted by atomic mass is 10.3. The summed E-state index contributed by atoms with van der Waals surface area (Å²) in [5.74, 6) is -2.21. The summed E-state index contributed by atoms with van der Waals surface area (Å²) in [7, 11) is -4.05. The van der Waals surface area contributed by atoms with Gasteiger partial charge in [0, 0.05) is 0 Å². The molecule has 1 aromatic heterocycles. The van der Waals surface area contributed by atoms with E-state index >= 15 is 0 Å². The van der Waals surface area contributed by atoms with Crippen LogP contribution in [0.4, 0.5) is 10.2 Å². The molecular formula is C12H8ClFN2O4S. The minimum Gasteiger partial charge on any atom is -0.477 e. The Morgan fingerprint density at radius 2 is 2.00 bits per heavy atom. The van der Waals surface area contributed by atoms with Gasteiger partial charge in [0.05, 0.1) is 9.92 Å². The lowest BCUT2D eigenvalue weighted by Gasteiger charge is -2.08. The SMILES string of the molecule is O=C(O)c1cccc(NS(=O)(=O)c2ccc(F)c(Cl)c2)n1. The van der Waals surface area contributed by atoms with Crippen LogP contribution in [-0.2, 0) is 10.0 Å². The summed E-state index contributed by atoms with van der Waals surface area (Å²) in [4.78, 5) is 14.1. The summed E-state index contributed by atoms with van der Waals surface area (Å²) >= 11 is 5.53.